The maximum atomic E-state index is 13.3. The van der Waals surface area contributed by atoms with Crippen LogP contribution in [-0.2, 0) is 0 Å². The van der Waals surface area contributed by atoms with Crippen LogP contribution in [-0.4, -0.2) is 38.3 Å². The van der Waals surface area contributed by atoms with Gasteiger partial charge < -0.3 is 10.1 Å². The molecule has 2 aromatic heterocycles. The molecule has 1 aliphatic carbocycles. The number of hydrogen-bond acceptors (Lipinski definition) is 5. The zero-order chi connectivity index (χ0) is 17.2. The van der Waals surface area contributed by atoms with Crippen molar-refractivity contribution < 1.29 is 13.5 Å². The third-order valence-electron chi connectivity index (χ3n) is 3.99. The Hall–Kier alpha value is -2.25. The zero-order valence-electron chi connectivity index (χ0n) is 13.8. The molecule has 0 aliphatic heterocycles. The van der Waals surface area contributed by atoms with Crippen LogP contribution in [0.4, 0.5) is 14.7 Å². The van der Waals surface area contributed by atoms with Crippen molar-refractivity contribution in [1.82, 2.24) is 19.7 Å². The molecule has 0 bridgehead atoms. The third-order valence-corrected chi connectivity index (χ3v) is 3.99. The van der Waals surface area contributed by atoms with Crippen LogP contribution < -0.4 is 10.1 Å². The maximum absolute atomic E-state index is 13.3. The molecule has 24 heavy (non-hydrogen) atoms. The Balaban J connectivity index is 1.80. The summed E-state index contributed by atoms with van der Waals surface area (Å²) in [4.78, 5) is 8.75. The molecule has 130 valence electrons. The number of anilines is 1. The molecule has 0 aromatic carbocycles. The third kappa shape index (κ3) is 3.98. The van der Waals surface area contributed by atoms with Crippen LogP contribution >= 0.6 is 0 Å². The van der Waals surface area contributed by atoms with Gasteiger partial charge >= 0.3 is 0 Å². The number of aromatic nitrogens is 4. The zero-order valence-corrected chi connectivity index (χ0v) is 13.8. The summed E-state index contributed by atoms with van der Waals surface area (Å²) >= 11 is 0. The standard InChI is InChI=1S/C16H21F2N5O/c1-3-24-14-10-13(23-9-6-11(2)22-23)20-15(21-14)19-12-4-7-16(17,18)8-5-12/h6,9-10,12H,3-5,7-8H2,1-2H3,(H,19,20,21). The van der Waals surface area contributed by atoms with Gasteiger partial charge in [0, 0.05) is 31.1 Å². The Morgan fingerprint density at radius 2 is 2.08 bits per heavy atom. The van der Waals surface area contributed by atoms with Crippen LogP contribution in [0.1, 0.15) is 38.3 Å². The second kappa shape index (κ2) is 6.70. The largest absolute Gasteiger partial charge is 0.478 e. The number of aryl methyl sites for hydroxylation is 1. The number of hydrogen-bond donors (Lipinski definition) is 1. The summed E-state index contributed by atoms with van der Waals surface area (Å²) in [6.07, 6.45) is 2.37. The first kappa shape index (κ1) is 16.6. The van der Waals surface area contributed by atoms with Crippen LogP contribution in [0.15, 0.2) is 18.3 Å². The molecule has 0 radical (unpaired) electrons. The number of halogens is 2. The van der Waals surface area contributed by atoms with Crippen LogP contribution in [0.5, 0.6) is 5.88 Å². The predicted octanol–water partition coefficient (Wildman–Crippen LogP) is 3.36. The van der Waals surface area contributed by atoms with Gasteiger partial charge in [-0.25, -0.2) is 13.5 Å². The van der Waals surface area contributed by atoms with Gasteiger partial charge in [0.25, 0.3) is 0 Å². The van der Waals surface area contributed by atoms with Gasteiger partial charge in [-0.2, -0.15) is 15.1 Å². The van der Waals surface area contributed by atoms with Crippen LogP contribution in [0.3, 0.4) is 0 Å². The summed E-state index contributed by atoms with van der Waals surface area (Å²) in [7, 11) is 0. The summed E-state index contributed by atoms with van der Waals surface area (Å²) in [5, 5.41) is 7.49. The molecular formula is C16H21F2N5O. The molecule has 0 atom stereocenters. The Bertz CT molecular complexity index is 694. The summed E-state index contributed by atoms with van der Waals surface area (Å²) in [6, 6.07) is 3.52. The molecule has 1 N–H and O–H groups in total. The van der Waals surface area contributed by atoms with Crippen LogP contribution in [0.2, 0.25) is 0 Å². The first-order valence-corrected chi connectivity index (χ1v) is 8.14. The Morgan fingerprint density at radius 3 is 2.71 bits per heavy atom. The molecule has 0 saturated heterocycles. The molecule has 0 spiro atoms. The van der Waals surface area contributed by atoms with Crippen molar-refractivity contribution in [1.29, 1.82) is 0 Å². The Kier molecular flexibility index (Phi) is 4.64. The number of nitrogens with zero attached hydrogens (tertiary/aromatic N) is 4. The van der Waals surface area contributed by atoms with E-state index in [-0.39, 0.29) is 18.9 Å². The lowest BCUT2D eigenvalue weighted by Gasteiger charge is -2.28. The van der Waals surface area contributed by atoms with E-state index in [1.165, 1.54) is 0 Å². The van der Waals surface area contributed by atoms with E-state index in [1.54, 1.807) is 16.9 Å². The quantitative estimate of drug-likeness (QED) is 0.906. The number of nitrogens with one attached hydrogen (secondary N) is 1. The van der Waals surface area contributed by atoms with Crippen LogP contribution in [0, 0.1) is 6.92 Å². The maximum Gasteiger partial charge on any atom is 0.248 e. The van der Waals surface area contributed by atoms with Gasteiger partial charge in [-0.05, 0) is 32.8 Å². The topological polar surface area (TPSA) is 64.9 Å². The van der Waals surface area contributed by atoms with E-state index in [4.69, 9.17) is 4.74 Å². The van der Waals surface area contributed by atoms with Gasteiger partial charge in [0.05, 0.1) is 12.3 Å². The number of ether oxygens (including phenoxy) is 1. The minimum absolute atomic E-state index is 0.0614. The van der Waals surface area contributed by atoms with E-state index in [0.717, 1.165) is 5.69 Å². The molecule has 6 nitrogen and oxygen atoms in total. The van der Waals surface area contributed by atoms with Gasteiger partial charge in [0.15, 0.2) is 5.82 Å². The van der Waals surface area contributed by atoms with Gasteiger partial charge in [-0.15, -0.1) is 0 Å². The molecule has 2 aromatic rings. The summed E-state index contributed by atoms with van der Waals surface area (Å²) in [5.74, 6) is -1.17. The average molecular weight is 337 g/mol. The molecule has 3 rings (SSSR count). The lowest BCUT2D eigenvalue weighted by atomic mass is 9.92. The molecule has 1 aliphatic rings. The van der Waals surface area contributed by atoms with E-state index in [2.05, 4.69) is 20.4 Å². The highest BCUT2D eigenvalue weighted by molar-refractivity contribution is 5.38. The average Bonchev–Trinajstić information content (AvgIpc) is 2.96. The number of rotatable bonds is 5. The highest BCUT2D eigenvalue weighted by atomic mass is 19.3. The van der Waals surface area contributed by atoms with Gasteiger partial charge in [-0.3, -0.25) is 0 Å². The lowest BCUT2D eigenvalue weighted by molar-refractivity contribution is -0.0361. The normalized spacial score (nSPS) is 17.7. The highest BCUT2D eigenvalue weighted by Crippen LogP contribution is 2.34. The van der Waals surface area contributed by atoms with Gasteiger partial charge in [0.1, 0.15) is 0 Å². The van der Waals surface area contributed by atoms with E-state index in [0.29, 0.717) is 37.1 Å². The van der Waals surface area contributed by atoms with E-state index in [9.17, 15) is 8.78 Å². The smallest absolute Gasteiger partial charge is 0.248 e. The second-order valence-corrected chi connectivity index (χ2v) is 6.00. The SMILES string of the molecule is CCOc1cc(-n2ccc(C)n2)nc(NC2CCC(F)(F)CC2)n1. The van der Waals surface area contributed by atoms with Crippen molar-refractivity contribution in [2.75, 3.05) is 11.9 Å². The molecule has 2 heterocycles. The molecule has 8 heteroatoms. The van der Waals surface area contributed by atoms with Crippen molar-refractivity contribution in [2.24, 2.45) is 0 Å². The summed E-state index contributed by atoms with van der Waals surface area (Å²) in [6.45, 7) is 4.24. The van der Waals surface area contributed by atoms with Crippen molar-refractivity contribution in [2.45, 2.75) is 51.5 Å². The van der Waals surface area contributed by atoms with Crippen LogP contribution in [0.25, 0.3) is 5.82 Å². The number of alkyl halides is 2. The van der Waals surface area contributed by atoms with E-state index < -0.39 is 5.92 Å². The minimum Gasteiger partial charge on any atom is -0.478 e. The fourth-order valence-electron chi connectivity index (χ4n) is 2.73. The van der Waals surface area contributed by atoms with Crippen molar-refractivity contribution in [3.63, 3.8) is 0 Å². The van der Waals surface area contributed by atoms with Crippen molar-refractivity contribution in [3.8, 4) is 11.7 Å². The summed E-state index contributed by atoms with van der Waals surface area (Å²) in [5.41, 5.74) is 0.871. The highest BCUT2D eigenvalue weighted by Gasteiger charge is 2.35. The monoisotopic (exact) mass is 337 g/mol. The van der Waals surface area contributed by atoms with E-state index in [1.807, 2.05) is 19.9 Å². The van der Waals surface area contributed by atoms with Gasteiger partial charge in [0.2, 0.25) is 17.8 Å². The van der Waals surface area contributed by atoms with E-state index >= 15 is 0 Å². The first-order valence-electron chi connectivity index (χ1n) is 8.14. The minimum atomic E-state index is -2.55. The Morgan fingerprint density at radius 1 is 1.33 bits per heavy atom. The van der Waals surface area contributed by atoms with Crippen molar-refractivity contribution >= 4 is 5.95 Å². The first-order chi connectivity index (χ1) is 11.4. The molecule has 0 unspecified atom stereocenters. The van der Waals surface area contributed by atoms with Gasteiger partial charge in [-0.1, -0.05) is 0 Å². The Labute approximate surface area is 139 Å². The fourth-order valence-corrected chi connectivity index (χ4v) is 2.73. The summed E-state index contributed by atoms with van der Waals surface area (Å²) < 4.78 is 33.7. The second-order valence-electron chi connectivity index (χ2n) is 6.00. The fraction of sp³-hybridized carbons (Fsp3) is 0.562. The van der Waals surface area contributed by atoms with Crippen molar-refractivity contribution in [3.05, 3.63) is 24.0 Å². The molecular weight excluding hydrogens is 316 g/mol. The molecule has 0 amide bonds. The molecule has 1 fully saturated rings. The molecule has 1 saturated carbocycles. The predicted molar refractivity (Wildman–Crippen MR) is 85.9 cm³/mol. The lowest BCUT2D eigenvalue weighted by Crippen LogP contribution is -2.32.